The molecule has 0 bridgehead atoms. The lowest BCUT2D eigenvalue weighted by Crippen LogP contribution is -2.25. The molecular weight excluding hydrogens is 340 g/mol. The number of nitrogens with one attached hydrogen (secondary N) is 1. The van der Waals surface area contributed by atoms with E-state index < -0.39 is 4.92 Å². The number of methoxy groups -OCH3 is 1. The fraction of sp³-hybridized carbons (Fsp3) is 0.176. The summed E-state index contributed by atoms with van der Waals surface area (Å²) in [5, 5.41) is 15.9. The molecule has 0 aromatic heterocycles. The molecule has 0 spiro atoms. The number of non-ortho nitro benzene ring substituents is 1. The van der Waals surface area contributed by atoms with Crippen LogP contribution in [0.25, 0.3) is 0 Å². The number of aliphatic imine (C=N–C) groups is 1. The molecule has 0 saturated heterocycles. The molecule has 0 fully saturated rings. The second-order valence-electron chi connectivity index (χ2n) is 5.24. The van der Waals surface area contributed by atoms with Crippen molar-refractivity contribution in [2.75, 3.05) is 12.9 Å². The van der Waals surface area contributed by atoms with Gasteiger partial charge in [-0.1, -0.05) is 36.0 Å². The van der Waals surface area contributed by atoms with Crippen LogP contribution in [0, 0.1) is 10.1 Å². The van der Waals surface area contributed by atoms with Gasteiger partial charge in [-0.05, 0) is 17.7 Å². The van der Waals surface area contributed by atoms with E-state index in [0.717, 1.165) is 27.8 Å². The number of amidine groups is 1. The number of rotatable bonds is 5. The number of nitro benzene ring substituents is 1. The number of hydrazone groups is 1. The van der Waals surface area contributed by atoms with Crippen LogP contribution in [-0.2, 0) is 6.54 Å². The first-order chi connectivity index (χ1) is 12.2. The van der Waals surface area contributed by atoms with Crippen molar-refractivity contribution in [3.63, 3.8) is 0 Å². The van der Waals surface area contributed by atoms with Crippen LogP contribution in [0.3, 0.4) is 0 Å². The first-order valence-electron chi connectivity index (χ1n) is 7.53. The van der Waals surface area contributed by atoms with E-state index in [4.69, 9.17) is 4.74 Å². The van der Waals surface area contributed by atoms with E-state index >= 15 is 0 Å². The number of nitro groups is 1. The first kappa shape index (κ1) is 17.0. The lowest BCUT2D eigenvalue weighted by Gasteiger charge is -2.14. The zero-order valence-corrected chi connectivity index (χ0v) is 14.3. The minimum Gasteiger partial charge on any atom is -0.497 e. The zero-order valence-electron chi connectivity index (χ0n) is 13.5. The van der Waals surface area contributed by atoms with Gasteiger partial charge in [0.25, 0.3) is 5.69 Å². The highest BCUT2D eigenvalue weighted by Gasteiger charge is 2.15. The van der Waals surface area contributed by atoms with Gasteiger partial charge in [-0.15, -0.1) is 0 Å². The maximum Gasteiger partial charge on any atom is 0.270 e. The highest BCUT2D eigenvalue weighted by molar-refractivity contribution is 8.14. The molecule has 7 nitrogen and oxygen atoms in total. The summed E-state index contributed by atoms with van der Waals surface area (Å²) in [6.07, 6.45) is 0. The van der Waals surface area contributed by atoms with Crippen molar-refractivity contribution in [3.8, 4) is 5.75 Å². The summed E-state index contributed by atoms with van der Waals surface area (Å²) in [6.45, 7) is 0.543. The Kier molecular flexibility index (Phi) is 5.30. The van der Waals surface area contributed by atoms with Gasteiger partial charge in [-0.2, -0.15) is 5.10 Å². The summed E-state index contributed by atoms with van der Waals surface area (Å²) >= 11 is 1.52. The summed E-state index contributed by atoms with van der Waals surface area (Å²) < 4.78 is 5.13. The van der Waals surface area contributed by atoms with Gasteiger partial charge in [-0.25, -0.2) is 0 Å². The summed E-state index contributed by atoms with van der Waals surface area (Å²) in [4.78, 5) is 15.0. The molecule has 25 heavy (non-hydrogen) atoms. The molecule has 2 aromatic carbocycles. The van der Waals surface area contributed by atoms with Gasteiger partial charge in [0.15, 0.2) is 5.17 Å². The van der Waals surface area contributed by atoms with Crippen LogP contribution < -0.4 is 10.2 Å². The Morgan fingerprint density at radius 1 is 1.32 bits per heavy atom. The van der Waals surface area contributed by atoms with Crippen LogP contribution in [0.15, 0.2) is 58.6 Å². The Morgan fingerprint density at radius 2 is 2.12 bits per heavy atom. The van der Waals surface area contributed by atoms with E-state index in [2.05, 4.69) is 15.5 Å². The monoisotopic (exact) mass is 356 g/mol. The number of ether oxygens (including phenoxy) is 1. The lowest BCUT2D eigenvalue weighted by molar-refractivity contribution is -0.384. The van der Waals surface area contributed by atoms with Crippen LogP contribution in [0.4, 0.5) is 5.69 Å². The molecule has 0 saturated carbocycles. The first-order valence-corrected chi connectivity index (χ1v) is 8.52. The van der Waals surface area contributed by atoms with Crippen LogP contribution in [0.1, 0.15) is 11.1 Å². The average Bonchev–Trinajstić information content (AvgIpc) is 2.67. The van der Waals surface area contributed by atoms with Crippen molar-refractivity contribution in [2.24, 2.45) is 10.1 Å². The molecule has 1 aliphatic heterocycles. The van der Waals surface area contributed by atoms with Gasteiger partial charge in [0.1, 0.15) is 5.75 Å². The second-order valence-corrected chi connectivity index (χ2v) is 6.20. The largest absolute Gasteiger partial charge is 0.497 e. The molecule has 1 aliphatic rings. The van der Waals surface area contributed by atoms with Crippen molar-refractivity contribution in [1.29, 1.82) is 0 Å². The molecule has 2 aromatic rings. The van der Waals surface area contributed by atoms with E-state index in [1.165, 1.54) is 23.9 Å². The number of hydrogen-bond acceptors (Lipinski definition) is 6. The summed E-state index contributed by atoms with van der Waals surface area (Å²) in [6, 6.07) is 14.2. The molecule has 1 N–H and O–H groups in total. The predicted octanol–water partition coefficient (Wildman–Crippen LogP) is 3.20. The Bertz CT molecular complexity index is 834. The maximum atomic E-state index is 10.9. The smallest absolute Gasteiger partial charge is 0.270 e. The Morgan fingerprint density at radius 3 is 2.76 bits per heavy atom. The van der Waals surface area contributed by atoms with E-state index in [1.54, 1.807) is 13.2 Å². The van der Waals surface area contributed by atoms with Crippen molar-refractivity contribution < 1.29 is 9.66 Å². The Balaban J connectivity index is 1.65. The average molecular weight is 356 g/mol. The van der Waals surface area contributed by atoms with E-state index in [0.29, 0.717) is 12.3 Å². The van der Waals surface area contributed by atoms with Gasteiger partial charge in [0.05, 0.1) is 24.3 Å². The van der Waals surface area contributed by atoms with Crippen LogP contribution in [0.2, 0.25) is 0 Å². The topological polar surface area (TPSA) is 89.1 Å². The second kappa shape index (κ2) is 7.80. The Hall–Kier alpha value is -2.87. The number of nitrogens with zero attached hydrogens (tertiary/aromatic N) is 3. The van der Waals surface area contributed by atoms with Crippen LogP contribution >= 0.6 is 11.8 Å². The van der Waals surface area contributed by atoms with Gasteiger partial charge in [0, 0.05) is 23.4 Å². The van der Waals surface area contributed by atoms with Gasteiger partial charge < -0.3 is 4.74 Å². The highest BCUT2D eigenvalue weighted by atomic mass is 32.2. The zero-order chi connectivity index (χ0) is 17.6. The van der Waals surface area contributed by atoms with Crippen molar-refractivity contribution in [3.05, 3.63) is 69.8 Å². The quantitative estimate of drug-likeness (QED) is 0.656. The standard InChI is InChI=1S/C17H16N4O3S/c1-24-15-7-5-12(6-8-15)10-18-17-20-19-16(11-25-17)13-3-2-4-14(9-13)21(22)23/h2-9H,10-11H2,1H3,(H,18,20). The van der Waals surface area contributed by atoms with Crippen LogP contribution in [0.5, 0.6) is 5.75 Å². The normalized spacial score (nSPS) is 15.4. The molecule has 0 unspecified atom stereocenters. The number of thioether (sulfide) groups is 1. The summed E-state index contributed by atoms with van der Waals surface area (Å²) in [5.41, 5.74) is 5.55. The van der Waals surface area contributed by atoms with E-state index in [1.807, 2.05) is 30.3 Å². The highest BCUT2D eigenvalue weighted by Crippen LogP contribution is 2.19. The third-order valence-electron chi connectivity index (χ3n) is 3.59. The molecule has 0 aliphatic carbocycles. The third-order valence-corrected chi connectivity index (χ3v) is 4.50. The SMILES string of the molecule is COc1ccc(CN=C2NN=C(c3cccc([N+](=O)[O-])c3)CS2)cc1. The molecule has 0 amide bonds. The van der Waals surface area contributed by atoms with Crippen molar-refractivity contribution in [1.82, 2.24) is 5.43 Å². The summed E-state index contributed by atoms with van der Waals surface area (Å²) in [5.74, 6) is 1.42. The van der Waals surface area contributed by atoms with E-state index in [-0.39, 0.29) is 5.69 Å². The molecule has 3 rings (SSSR count). The predicted molar refractivity (Wildman–Crippen MR) is 99.4 cm³/mol. The van der Waals surface area contributed by atoms with Crippen molar-refractivity contribution in [2.45, 2.75) is 6.54 Å². The fourth-order valence-electron chi connectivity index (χ4n) is 2.24. The van der Waals surface area contributed by atoms with Crippen molar-refractivity contribution >= 4 is 28.3 Å². The summed E-state index contributed by atoms with van der Waals surface area (Å²) in [7, 11) is 1.63. The lowest BCUT2D eigenvalue weighted by atomic mass is 10.1. The molecule has 128 valence electrons. The number of benzene rings is 2. The third kappa shape index (κ3) is 4.36. The Labute approximate surface area is 149 Å². The van der Waals surface area contributed by atoms with Gasteiger partial charge in [0.2, 0.25) is 0 Å². The maximum absolute atomic E-state index is 10.9. The van der Waals surface area contributed by atoms with Gasteiger partial charge in [-0.3, -0.25) is 20.5 Å². The van der Waals surface area contributed by atoms with Gasteiger partial charge >= 0.3 is 0 Å². The molecular formula is C17H16N4O3S. The minimum atomic E-state index is -0.408. The number of hydrogen-bond donors (Lipinski definition) is 1. The van der Waals surface area contributed by atoms with E-state index in [9.17, 15) is 10.1 Å². The van der Waals surface area contributed by atoms with Crippen LogP contribution in [-0.4, -0.2) is 28.7 Å². The molecule has 0 radical (unpaired) electrons. The molecule has 8 heteroatoms. The molecule has 1 heterocycles. The minimum absolute atomic E-state index is 0.0594. The fourth-order valence-corrected chi connectivity index (χ4v) is 3.01. The molecule has 0 atom stereocenters.